The van der Waals surface area contributed by atoms with Crippen LogP contribution in [-0.2, 0) is 0 Å². The van der Waals surface area contributed by atoms with Crippen LogP contribution in [0.3, 0.4) is 0 Å². The average Bonchev–Trinajstić information content (AvgIpc) is 2.30. The fourth-order valence-corrected chi connectivity index (χ4v) is 2.33. The summed E-state index contributed by atoms with van der Waals surface area (Å²) >= 11 is 3.06. The van der Waals surface area contributed by atoms with Crippen LogP contribution >= 0.6 is 15.9 Å². The van der Waals surface area contributed by atoms with Crippen molar-refractivity contribution in [1.82, 2.24) is 5.43 Å². The van der Waals surface area contributed by atoms with Gasteiger partial charge in [0.15, 0.2) is 0 Å². The van der Waals surface area contributed by atoms with Gasteiger partial charge in [0.1, 0.15) is 11.6 Å². The molecule has 1 rings (SSSR count). The molecule has 1 aromatic carbocycles. The Kier molecular flexibility index (Phi) is 5.49. The van der Waals surface area contributed by atoms with Crippen LogP contribution in [-0.4, -0.2) is 0 Å². The molecule has 0 radical (unpaired) electrons. The highest BCUT2D eigenvalue weighted by molar-refractivity contribution is 9.10. The minimum absolute atomic E-state index is 0.00262. The zero-order valence-corrected chi connectivity index (χ0v) is 11.5. The van der Waals surface area contributed by atoms with E-state index in [0.29, 0.717) is 0 Å². The molecular weight excluding hydrogens is 290 g/mol. The van der Waals surface area contributed by atoms with Crippen LogP contribution in [0.4, 0.5) is 8.78 Å². The van der Waals surface area contributed by atoms with Gasteiger partial charge in [-0.25, -0.2) is 8.78 Å². The third-order valence-electron chi connectivity index (χ3n) is 2.88. The first-order chi connectivity index (χ1) is 8.02. The number of hydrogen-bond donors (Lipinski definition) is 2. The Hall–Kier alpha value is -0.520. The maximum Gasteiger partial charge on any atom is 0.145 e. The summed E-state index contributed by atoms with van der Waals surface area (Å²) in [6.45, 7) is 3.95. The zero-order chi connectivity index (χ0) is 13.0. The molecule has 17 heavy (non-hydrogen) atoms. The highest BCUT2D eigenvalue weighted by Gasteiger charge is 2.25. The van der Waals surface area contributed by atoms with Crippen molar-refractivity contribution in [3.63, 3.8) is 0 Å². The largest absolute Gasteiger partial charge is 0.271 e. The third kappa shape index (κ3) is 3.24. The van der Waals surface area contributed by atoms with E-state index in [-0.39, 0.29) is 16.0 Å². The number of hydrazine groups is 1. The van der Waals surface area contributed by atoms with Gasteiger partial charge < -0.3 is 0 Å². The molecular formula is C12H17BrF2N2. The van der Waals surface area contributed by atoms with Crippen molar-refractivity contribution in [2.24, 2.45) is 11.8 Å². The van der Waals surface area contributed by atoms with E-state index in [0.717, 1.165) is 12.8 Å². The van der Waals surface area contributed by atoms with Gasteiger partial charge in [-0.05, 0) is 40.4 Å². The third-order valence-corrected chi connectivity index (χ3v) is 3.50. The molecule has 2 unspecified atom stereocenters. The smallest absolute Gasteiger partial charge is 0.145 e. The quantitative estimate of drug-likeness (QED) is 0.495. The summed E-state index contributed by atoms with van der Waals surface area (Å²) in [4.78, 5) is 0. The van der Waals surface area contributed by atoms with Gasteiger partial charge in [0, 0.05) is 5.56 Å². The number of hydrogen-bond acceptors (Lipinski definition) is 2. The molecule has 5 heteroatoms. The Balaban J connectivity index is 3.15. The van der Waals surface area contributed by atoms with Crippen molar-refractivity contribution >= 4 is 15.9 Å². The van der Waals surface area contributed by atoms with Crippen LogP contribution < -0.4 is 11.3 Å². The first kappa shape index (κ1) is 14.5. The number of halogens is 3. The van der Waals surface area contributed by atoms with Gasteiger partial charge in [-0.3, -0.25) is 11.3 Å². The fraction of sp³-hybridized carbons (Fsp3) is 0.500. The molecule has 0 bridgehead atoms. The van der Waals surface area contributed by atoms with E-state index >= 15 is 0 Å². The Labute approximate surface area is 109 Å². The van der Waals surface area contributed by atoms with Gasteiger partial charge in [0.25, 0.3) is 0 Å². The highest BCUT2D eigenvalue weighted by atomic mass is 79.9. The van der Waals surface area contributed by atoms with Crippen molar-refractivity contribution in [2.45, 2.75) is 32.7 Å². The maximum absolute atomic E-state index is 13.9. The zero-order valence-electron chi connectivity index (χ0n) is 9.93. The molecule has 0 saturated heterocycles. The maximum atomic E-state index is 13.9. The van der Waals surface area contributed by atoms with Gasteiger partial charge in [0.2, 0.25) is 0 Å². The minimum Gasteiger partial charge on any atom is -0.271 e. The fourth-order valence-electron chi connectivity index (χ4n) is 1.98. The summed E-state index contributed by atoms with van der Waals surface area (Å²) in [6, 6.07) is 2.07. The van der Waals surface area contributed by atoms with Crippen LogP contribution in [0.2, 0.25) is 0 Å². The lowest BCUT2D eigenvalue weighted by Crippen LogP contribution is -2.34. The highest BCUT2D eigenvalue weighted by Crippen LogP contribution is 2.32. The SMILES string of the molecule is CCCC(C)C(NN)c1c(F)ccc(Br)c1F. The van der Waals surface area contributed by atoms with E-state index in [9.17, 15) is 8.78 Å². The Bertz CT molecular complexity index is 385. The Morgan fingerprint density at radius 2 is 2.06 bits per heavy atom. The molecule has 2 atom stereocenters. The van der Waals surface area contributed by atoms with Crippen molar-refractivity contribution in [3.05, 3.63) is 33.8 Å². The van der Waals surface area contributed by atoms with Gasteiger partial charge >= 0.3 is 0 Å². The van der Waals surface area contributed by atoms with E-state index in [1.807, 2.05) is 13.8 Å². The van der Waals surface area contributed by atoms with Crippen molar-refractivity contribution in [1.29, 1.82) is 0 Å². The molecule has 3 N–H and O–H groups in total. The summed E-state index contributed by atoms with van der Waals surface area (Å²) < 4.78 is 27.9. The lowest BCUT2D eigenvalue weighted by Gasteiger charge is -2.24. The van der Waals surface area contributed by atoms with Crippen LogP contribution in [0.25, 0.3) is 0 Å². The van der Waals surface area contributed by atoms with Gasteiger partial charge in [0.05, 0.1) is 10.5 Å². The Morgan fingerprint density at radius 1 is 1.41 bits per heavy atom. The van der Waals surface area contributed by atoms with Gasteiger partial charge in [-0.15, -0.1) is 0 Å². The van der Waals surface area contributed by atoms with Crippen LogP contribution in [0, 0.1) is 17.6 Å². The normalized spacial score (nSPS) is 14.7. The predicted octanol–water partition coefficient (Wildman–Crippen LogP) is 3.67. The number of rotatable bonds is 5. The molecule has 2 nitrogen and oxygen atoms in total. The molecule has 0 fully saturated rings. The molecule has 0 heterocycles. The summed E-state index contributed by atoms with van der Waals surface area (Å²) in [5, 5.41) is 0. The second-order valence-electron chi connectivity index (χ2n) is 4.17. The second kappa shape index (κ2) is 6.42. The molecule has 0 spiro atoms. The second-order valence-corrected chi connectivity index (χ2v) is 5.02. The summed E-state index contributed by atoms with van der Waals surface area (Å²) in [6.07, 6.45) is 1.79. The van der Waals surface area contributed by atoms with Crippen LogP contribution in [0.15, 0.2) is 16.6 Å². The minimum atomic E-state index is -0.587. The molecule has 0 aliphatic heterocycles. The molecule has 0 aliphatic rings. The number of nitrogens with one attached hydrogen (secondary N) is 1. The number of benzene rings is 1. The first-order valence-corrected chi connectivity index (χ1v) is 6.41. The summed E-state index contributed by atoms with van der Waals surface area (Å²) in [5.41, 5.74) is 2.51. The van der Waals surface area contributed by atoms with E-state index in [2.05, 4.69) is 21.4 Å². The van der Waals surface area contributed by atoms with Crippen molar-refractivity contribution in [3.8, 4) is 0 Å². The van der Waals surface area contributed by atoms with Gasteiger partial charge in [-0.1, -0.05) is 20.3 Å². The molecule has 96 valence electrons. The van der Waals surface area contributed by atoms with Crippen LogP contribution in [0.5, 0.6) is 0 Å². The molecule has 0 amide bonds. The Morgan fingerprint density at radius 3 is 2.59 bits per heavy atom. The monoisotopic (exact) mass is 306 g/mol. The van der Waals surface area contributed by atoms with E-state index in [1.165, 1.54) is 12.1 Å². The predicted molar refractivity (Wildman–Crippen MR) is 68.2 cm³/mol. The first-order valence-electron chi connectivity index (χ1n) is 5.62. The van der Waals surface area contributed by atoms with E-state index in [4.69, 9.17) is 5.84 Å². The molecule has 0 aliphatic carbocycles. The summed E-state index contributed by atoms with van der Waals surface area (Å²) in [5.74, 6) is 4.32. The molecule has 1 aromatic rings. The van der Waals surface area contributed by atoms with Crippen molar-refractivity contribution in [2.75, 3.05) is 0 Å². The lowest BCUT2D eigenvalue weighted by molar-refractivity contribution is 0.345. The number of nitrogens with two attached hydrogens (primary N) is 1. The van der Waals surface area contributed by atoms with Crippen molar-refractivity contribution < 1.29 is 8.78 Å². The van der Waals surface area contributed by atoms with E-state index < -0.39 is 17.7 Å². The van der Waals surface area contributed by atoms with Crippen LogP contribution in [0.1, 0.15) is 38.3 Å². The topological polar surface area (TPSA) is 38.0 Å². The standard InChI is InChI=1S/C12H17BrF2N2/c1-3-4-7(2)12(17-16)10-9(14)6-5-8(13)11(10)15/h5-7,12,17H,3-4,16H2,1-2H3. The average molecular weight is 307 g/mol. The van der Waals surface area contributed by atoms with E-state index in [1.54, 1.807) is 0 Å². The van der Waals surface area contributed by atoms with Gasteiger partial charge in [-0.2, -0.15) is 0 Å². The lowest BCUT2D eigenvalue weighted by atomic mass is 9.91. The molecule has 0 saturated carbocycles. The summed E-state index contributed by atoms with van der Waals surface area (Å²) in [7, 11) is 0. The molecule has 0 aromatic heterocycles.